The lowest BCUT2D eigenvalue weighted by Gasteiger charge is -2.30. The second kappa shape index (κ2) is 10.7. The summed E-state index contributed by atoms with van der Waals surface area (Å²) in [5.74, 6) is 0.812. The zero-order chi connectivity index (χ0) is 13.9. The van der Waals surface area contributed by atoms with Crippen LogP contribution in [0.15, 0.2) is 0 Å². The van der Waals surface area contributed by atoms with Gasteiger partial charge in [-0.3, -0.25) is 0 Å². The molecule has 0 bridgehead atoms. The molecule has 2 heteroatoms. The molecule has 0 unspecified atom stereocenters. The van der Waals surface area contributed by atoms with Crippen molar-refractivity contribution in [2.75, 3.05) is 26.2 Å². The zero-order valence-corrected chi connectivity index (χ0v) is 13.6. The summed E-state index contributed by atoms with van der Waals surface area (Å²) in [7, 11) is 0. The van der Waals surface area contributed by atoms with E-state index in [1.165, 1.54) is 77.5 Å². The number of unbranched alkanes of at least 4 members (excludes halogenated alkanes) is 2. The van der Waals surface area contributed by atoms with Gasteiger partial charge in [-0.1, -0.05) is 40.0 Å². The van der Waals surface area contributed by atoms with E-state index in [-0.39, 0.29) is 0 Å². The molecule has 0 aromatic rings. The van der Waals surface area contributed by atoms with Gasteiger partial charge in [-0.05, 0) is 57.7 Å². The molecular formula is C17H36N2. The molecule has 0 atom stereocenters. The molecule has 1 fully saturated rings. The van der Waals surface area contributed by atoms with Crippen LogP contribution in [0, 0.1) is 5.92 Å². The highest BCUT2D eigenvalue weighted by Gasteiger charge is 2.22. The van der Waals surface area contributed by atoms with Gasteiger partial charge in [0.1, 0.15) is 0 Å². The Morgan fingerprint density at radius 3 is 2.42 bits per heavy atom. The van der Waals surface area contributed by atoms with Crippen LogP contribution in [0.2, 0.25) is 0 Å². The third-order valence-electron chi connectivity index (χ3n) is 4.17. The van der Waals surface area contributed by atoms with Gasteiger partial charge in [0.2, 0.25) is 0 Å². The van der Waals surface area contributed by atoms with E-state index in [4.69, 9.17) is 0 Å². The summed E-state index contributed by atoms with van der Waals surface area (Å²) in [6, 6.07) is 0.903. The minimum atomic E-state index is 0.812. The third kappa shape index (κ3) is 7.94. The van der Waals surface area contributed by atoms with Crippen molar-refractivity contribution in [3.8, 4) is 0 Å². The molecule has 0 amide bonds. The molecule has 1 saturated carbocycles. The van der Waals surface area contributed by atoms with Gasteiger partial charge in [0.25, 0.3) is 0 Å². The van der Waals surface area contributed by atoms with Gasteiger partial charge in [0, 0.05) is 12.6 Å². The number of nitrogens with one attached hydrogen (secondary N) is 1. The Bertz CT molecular complexity index is 197. The molecule has 1 aliphatic carbocycles. The number of nitrogens with zero attached hydrogens (tertiary/aromatic N) is 1. The van der Waals surface area contributed by atoms with Gasteiger partial charge in [0.15, 0.2) is 0 Å². The molecule has 19 heavy (non-hydrogen) atoms. The molecule has 0 radical (unpaired) electrons. The number of rotatable bonds is 11. The number of hydrogen-bond acceptors (Lipinski definition) is 2. The summed E-state index contributed by atoms with van der Waals surface area (Å²) >= 11 is 0. The minimum absolute atomic E-state index is 0.812. The second-order valence-corrected chi connectivity index (χ2v) is 6.64. The van der Waals surface area contributed by atoms with E-state index >= 15 is 0 Å². The maximum Gasteiger partial charge on any atom is 0.00953 e. The van der Waals surface area contributed by atoms with Crippen LogP contribution >= 0.6 is 0 Å². The lowest BCUT2D eigenvalue weighted by molar-refractivity contribution is 0.173. The maximum absolute atomic E-state index is 3.50. The van der Waals surface area contributed by atoms with Crippen molar-refractivity contribution in [1.29, 1.82) is 0 Å². The highest BCUT2D eigenvalue weighted by atomic mass is 15.2. The summed E-state index contributed by atoms with van der Waals surface area (Å²) in [4.78, 5) is 2.79. The fourth-order valence-electron chi connectivity index (χ4n) is 3.20. The molecule has 114 valence electrons. The van der Waals surface area contributed by atoms with E-state index < -0.39 is 0 Å². The van der Waals surface area contributed by atoms with Crippen LogP contribution in [0.3, 0.4) is 0 Å². The molecule has 0 aromatic carbocycles. The first-order valence-electron chi connectivity index (χ1n) is 8.68. The van der Waals surface area contributed by atoms with Crippen molar-refractivity contribution >= 4 is 0 Å². The van der Waals surface area contributed by atoms with Crippen LogP contribution in [-0.2, 0) is 0 Å². The largest absolute Gasteiger partial charge is 0.317 e. The predicted octanol–water partition coefficient (Wildman–Crippen LogP) is 4.06. The summed E-state index contributed by atoms with van der Waals surface area (Å²) in [6.07, 6.45) is 11.2. The fourth-order valence-corrected chi connectivity index (χ4v) is 3.20. The molecule has 0 aromatic heterocycles. The molecule has 2 nitrogen and oxygen atoms in total. The van der Waals surface area contributed by atoms with Gasteiger partial charge >= 0.3 is 0 Å². The standard InChI is InChI=1S/C17H36N2/c1-4-12-18-13-8-5-9-14-19(15-16(2)3)17-10-6-7-11-17/h16-18H,4-15H2,1-3H3. The topological polar surface area (TPSA) is 15.3 Å². The average Bonchev–Trinajstić information content (AvgIpc) is 2.89. The van der Waals surface area contributed by atoms with E-state index in [0.717, 1.165) is 12.0 Å². The monoisotopic (exact) mass is 268 g/mol. The molecular weight excluding hydrogens is 232 g/mol. The number of hydrogen-bond donors (Lipinski definition) is 1. The third-order valence-corrected chi connectivity index (χ3v) is 4.17. The Morgan fingerprint density at radius 2 is 1.79 bits per heavy atom. The van der Waals surface area contributed by atoms with Crippen molar-refractivity contribution in [3.63, 3.8) is 0 Å². The molecule has 0 heterocycles. The second-order valence-electron chi connectivity index (χ2n) is 6.64. The van der Waals surface area contributed by atoms with Gasteiger partial charge in [-0.15, -0.1) is 0 Å². The molecule has 0 saturated heterocycles. The van der Waals surface area contributed by atoms with Crippen molar-refractivity contribution < 1.29 is 0 Å². The predicted molar refractivity (Wildman–Crippen MR) is 85.7 cm³/mol. The van der Waals surface area contributed by atoms with Crippen LogP contribution < -0.4 is 5.32 Å². The Kier molecular flexibility index (Phi) is 9.54. The van der Waals surface area contributed by atoms with E-state index in [2.05, 4.69) is 31.0 Å². The first kappa shape index (κ1) is 17.0. The quantitative estimate of drug-likeness (QED) is 0.569. The van der Waals surface area contributed by atoms with Crippen LogP contribution in [0.4, 0.5) is 0 Å². The van der Waals surface area contributed by atoms with E-state index in [0.29, 0.717) is 0 Å². The fraction of sp³-hybridized carbons (Fsp3) is 1.00. The van der Waals surface area contributed by atoms with Crippen molar-refractivity contribution in [2.24, 2.45) is 5.92 Å². The Labute approximate surface area is 121 Å². The molecule has 0 spiro atoms. The Morgan fingerprint density at radius 1 is 1.05 bits per heavy atom. The Balaban J connectivity index is 2.10. The smallest absolute Gasteiger partial charge is 0.00953 e. The summed E-state index contributed by atoms with van der Waals surface area (Å²) < 4.78 is 0. The van der Waals surface area contributed by atoms with Crippen molar-refractivity contribution in [2.45, 2.75) is 78.2 Å². The van der Waals surface area contributed by atoms with Crippen LogP contribution in [0.25, 0.3) is 0 Å². The van der Waals surface area contributed by atoms with Crippen LogP contribution in [0.5, 0.6) is 0 Å². The van der Waals surface area contributed by atoms with Crippen LogP contribution in [0.1, 0.15) is 72.1 Å². The minimum Gasteiger partial charge on any atom is -0.317 e. The van der Waals surface area contributed by atoms with Gasteiger partial charge in [-0.2, -0.15) is 0 Å². The lowest BCUT2D eigenvalue weighted by atomic mass is 10.1. The summed E-state index contributed by atoms with van der Waals surface area (Å²) in [5.41, 5.74) is 0. The molecule has 0 aliphatic heterocycles. The molecule has 1 aliphatic rings. The van der Waals surface area contributed by atoms with Crippen LogP contribution in [-0.4, -0.2) is 37.1 Å². The molecule has 1 N–H and O–H groups in total. The van der Waals surface area contributed by atoms with E-state index in [1.807, 2.05) is 0 Å². The van der Waals surface area contributed by atoms with Crippen molar-refractivity contribution in [1.82, 2.24) is 10.2 Å². The normalized spacial score (nSPS) is 16.9. The Hall–Kier alpha value is -0.0800. The highest BCUT2D eigenvalue weighted by molar-refractivity contribution is 4.78. The summed E-state index contributed by atoms with van der Waals surface area (Å²) in [5, 5.41) is 3.50. The van der Waals surface area contributed by atoms with Gasteiger partial charge < -0.3 is 10.2 Å². The molecule has 1 rings (SSSR count). The first-order valence-corrected chi connectivity index (χ1v) is 8.68. The highest BCUT2D eigenvalue weighted by Crippen LogP contribution is 2.24. The SMILES string of the molecule is CCCNCCCCCN(CC(C)C)C1CCCC1. The zero-order valence-electron chi connectivity index (χ0n) is 13.6. The maximum atomic E-state index is 3.50. The summed E-state index contributed by atoms with van der Waals surface area (Å²) in [6.45, 7) is 12.0. The van der Waals surface area contributed by atoms with Crippen molar-refractivity contribution in [3.05, 3.63) is 0 Å². The average molecular weight is 268 g/mol. The van der Waals surface area contributed by atoms with Gasteiger partial charge in [0.05, 0.1) is 0 Å². The lowest BCUT2D eigenvalue weighted by Crippen LogP contribution is -2.37. The van der Waals surface area contributed by atoms with Gasteiger partial charge in [-0.25, -0.2) is 0 Å². The first-order chi connectivity index (χ1) is 9.24. The van der Waals surface area contributed by atoms with E-state index in [9.17, 15) is 0 Å². The van der Waals surface area contributed by atoms with E-state index in [1.54, 1.807) is 0 Å².